The molecule has 2 heteroatoms. The molecule has 1 aromatic carbocycles. The number of hydrogen-bond donors (Lipinski definition) is 1. The van der Waals surface area contributed by atoms with E-state index in [1.807, 2.05) is 30.3 Å². The first-order valence-corrected chi connectivity index (χ1v) is 7.36. The summed E-state index contributed by atoms with van der Waals surface area (Å²) in [5, 5.41) is 0. The highest BCUT2D eigenvalue weighted by Gasteiger charge is 2.10. The first-order chi connectivity index (χ1) is 9.95. The molecule has 0 amide bonds. The molecule has 2 nitrogen and oxygen atoms in total. The molecule has 1 N–H and O–H groups in total. The SMILES string of the molecule is C(#CC[NH+]1CCCCC1)COCC#Cc1ccccc1. The van der Waals surface area contributed by atoms with Crippen molar-refractivity contribution in [3.63, 3.8) is 0 Å². The van der Waals surface area contributed by atoms with Gasteiger partial charge in [-0.1, -0.05) is 36.0 Å². The zero-order valence-corrected chi connectivity index (χ0v) is 12.0. The standard InChI is InChI=1S/C18H21NO/c1-3-10-18(11-4-1)12-9-17-20-16-8-7-15-19-13-5-2-6-14-19/h1,3-4,10-11H,2,5-6,13-17H2/p+1. The maximum atomic E-state index is 5.39. The van der Waals surface area contributed by atoms with Crippen LogP contribution in [0.25, 0.3) is 0 Å². The number of likely N-dealkylation sites (tertiary alicyclic amines) is 1. The summed E-state index contributed by atoms with van der Waals surface area (Å²) in [5.74, 6) is 12.3. The van der Waals surface area contributed by atoms with Crippen LogP contribution in [-0.2, 0) is 4.74 Å². The molecule has 1 heterocycles. The van der Waals surface area contributed by atoms with E-state index < -0.39 is 0 Å². The number of benzene rings is 1. The van der Waals surface area contributed by atoms with Gasteiger partial charge in [0.1, 0.15) is 19.8 Å². The normalized spacial score (nSPS) is 14.8. The van der Waals surface area contributed by atoms with Crippen LogP contribution in [0.1, 0.15) is 24.8 Å². The maximum absolute atomic E-state index is 5.39. The molecule has 0 atom stereocenters. The van der Waals surface area contributed by atoms with Gasteiger partial charge in [-0.3, -0.25) is 0 Å². The molecule has 1 aromatic rings. The highest BCUT2D eigenvalue weighted by molar-refractivity contribution is 5.33. The van der Waals surface area contributed by atoms with Crippen molar-refractivity contribution in [2.45, 2.75) is 19.3 Å². The Balaban J connectivity index is 1.57. The summed E-state index contributed by atoms with van der Waals surface area (Å²) in [5.41, 5.74) is 1.02. The van der Waals surface area contributed by atoms with Gasteiger partial charge in [-0.25, -0.2) is 0 Å². The third-order valence-corrected chi connectivity index (χ3v) is 3.38. The first kappa shape index (κ1) is 14.7. The minimum atomic E-state index is 0.445. The average molecular weight is 268 g/mol. The molecule has 0 radical (unpaired) electrons. The molecule has 0 spiro atoms. The Kier molecular flexibility index (Phi) is 6.75. The average Bonchev–Trinajstić information content (AvgIpc) is 2.52. The van der Waals surface area contributed by atoms with Crippen molar-refractivity contribution in [2.24, 2.45) is 0 Å². The zero-order chi connectivity index (χ0) is 13.9. The van der Waals surface area contributed by atoms with Crippen molar-refractivity contribution in [2.75, 3.05) is 32.8 Å². The van der Waals surface area contributed by atoms with Gasteiger partial charge in [-0.05, 0) is 37.3 Å². The van der Waals surface area contributed by atoms with Gasteiger partial charge in [0, 0.05) is 5.56 Å². The van der Waals surface area contributed by atoms with E-state index in [1.165, 1.54) is 32.4 Å². The summed E-state index contributed by atoms with van der Waals surface area (Å²) in [7, 11) is 0. The van der Waals surface area contributed by atoms with Gasteiger partial charge in [0.15, 0.2) is 0 Å². The molecule has 0 aromatic heterocycles. The molecule has 104 valence electrons. The molecule has 0 unspecified atom stereocenters. The number of quaternary nitrogens is 1. The van der Waals surface area contributed by atoms with Gasteiger partial charge in [0.2, 0.25) is 0 Å². The lowest BCUT2D eigenvalue weighted by molar-refractivity contribution is -0.897. The highest BCUT2D eigenvalue weighted by atomic mass is 16.5. The van der Waals surface area contributed by atoms with E-state index in [-0.39, 0.29) is 0 Å². The Morgan fingerprint density at radius 2 is 1.65 bits per heavy atom. The molecule has 0 saturated carbocycles. The largest absolute Gasteiger partial charge is 0.356 e. The lowest BCUT2D eigenvalue weighted by Crippen LogP contribution is -3.12. The lowest BCUT2D eigenvalue weighted by atomic mass is 10.1. The molecule has 2 rings (SSSR count). The minimum Gasteiger partial charge on any atom is -0.356 e. The minimum absolute atomic E-state index is 0.445. The lowest BCUT2D eigenvalue weighted by Gasteiger charge is -2.20. The van der Waals surface area contributed by atoms with Crippen LogP contribution in [0.15, 0.2) is 30.3 Å². The fourth-order valence-electron chi connectivity index (χ4n) is 2.28. The molecule has 1 saturated heterocycles. The van der Waals surface area contributed by atoms with Gasteiger partial charge in [-0.2, -0.15) is 0 Å². The van der Waals surface area contributed by atoms with E-state index >= 15 is 0 Å². The van der Waals surface area contributed by atoms with Crippen molar-refractivity contribution in [3.05, 3.63) is 35.9 Å². The van der Waals surface area contributed by atoms with Crippen LogP contribution in [0.3, 0.4) is 0 Å². The summed E-state index contributed by atoms with van der Waals surface area (Å²) in [6, 6.07) is 9.95. The molecule has 1 aliphatic heterocycles. The fourth-order valence-corrected chi connectivity index (χ4v) is 2.28. The summed E-state index contributed by atoms with van der Waals surface area (Å²) in [6.45, 7) is 4.44. The summed E-state index contributed by atoms with van der Waals surface area (Å²) >= 11 is 0. The van der Waals surface area contributed by atoms with E-state index in [2.05, 4.69) is 23.7 Å². The van der Waals surface area contributed by atoms with Gasteiger partial charge in [0.05, 0.1) is 13.1 Å². The molecule has 20 heavy (non-hydrogen) atoms. The van der Waals surface area contributed by atoms with E-state index in [0.29, 0.717) is 13.2 Å². The van der Waals surface area contributed by atoms with Crippen molar-refractivity contribution in [1.29, 1.82) is 0 Å². The second-order valence-corrected chi connectivity index (χ2v) is 5.00. The van der Waals surface area contributed by atoms with Crippen LogP contribution in [0.4, 0.5) is 0 Å². The molecule has 1 fully saturated rings. The number of hydrogen-bond acceptors (Lipinski definition) is 1. The van der Waals surface area contributed by atoms with Gasteiger partial charge in [-0.15, -0.1) is 0 Å². The molecular formula is C18H22NO+. The van der Waals surface area contributed by atoms with Crippen molar-refractivity contribution < 1.29 is 9.64 Å². The van der Waals surface area contributed by atoms with E-state index in [9.17, 15) is 0 Å². The predicted octanol–water partition coefficient (Wildman–Crippen LogP) is 1.13. The Hall–Kier alpha value is -1.74. The zero-order valence-electron chi connectivity index (χ0n) is 12.0. The second kappa shape index (κ2) is 9.21. The van der Waals surface area contributed by atoms with Crippen LogP contribution in [-0.4, -0.2) is 32.8 Å². The Bertz CT molecular complexity index is 495. The third kappa shape index (κ3) is 5.93. The number of ether oxygens (including phenoxy) is 1. The van der Waals surface area contributed by atoms with E-state index in [4.69, 9.17) is 4.74 Å². The van der Waals surface area contributed by atoms with Crippen LogP contribution in [0.2, 0.25) is 0 Å². The van der Waals surface area contributed by atoms with Gasteiger partial charge < -0.3 is 9.64 Å². The number of nitrogens with one attached hydrogen (secondary N) is 1. The van der Waals surface area contributed by atoms with Crippen LogP contribution < -0.4 is 4.90 Å². The Morgan fingerprint density at radius 1 is 0.900 bits per heavy atom. The second-order valence-electron chi connectivity index (χ2n) is 5.00. The van der Waals surface area contributed by atoms with Gasteiger partial charge in [0.25, 0.3) is 0 Å². The smallest absolute Gasteiger partial charge is 0.139 e. The van der Waals surface area contributed by atoms with E-state index in [0.717, 1.165) is 12.1 Å². The van der Waals surface area contributed by atoms with Crippen LogP contribution in [0, 0.1) is 23.7 Å². The first-order valence-electron chi connectivity index (χ1n) is 7.36. The van der Waals surface area contributed by atoms with Crippen LogP contribution >= 0.6 is 0 Å². The number of rotatable bonds is 3. The quantitative estimate of drug-likeness (QED) is 0.641. The van der Waals surface area contributed by atoms with Crippen molar-refractivity contribution in [1.82, 2.24) is 0 Å². The predicted molar refractivity (Wildman–Crippen MR) is 81.3 cm³/mol. The molecular weight excluding hydrogens is 246 g/mol. The van der Waals surface area contributed by atoms with Crippen LogP contribution in [0.5, 0.6) is 0 Å². The fraction of sp³-hybridized carbons (Fsp3) is 0.444. The maximum Gasteiger partial charge on any atom is 0.139 e. The molecule has 0 bridgehead atoms. The summed E-state index contributed by atoms with van der Waals surface area (Å²) in [4.78, 5) is 1.62. The number of piperidine rings is 1. The van der Waals surface area contributed by atoms with E-state index in [1.54, 1.807) is 4.90 Å². The Labute approximate surface area is 122 Å². The van der Waals surface area contributed by atoms with Crippen molar-refractivity contribution >= 4 is 0 Å². The van der Waals surface area contributed by atoms with Crippen molar-refractivity contribution in [3.8, 4) is 23.7 Å². The Morgan fingerprint density at radius 3 is 2.45 bits per heavy atom. The summed E-state index contributed by atoms with van der Waals surface area (Å²) < 4.78 is 5.39. The van der Waals surface area contributed by atoms with Gasteiger partial charge >= 0.3 is 0 Å². The third-order valence-electron chi connectivity index (χ3n) is 3.38. The highest BCUT2D eigenvalue weighted by Crippen LogP contribution is 1.94. The topological polar surface area (TPSA) is 13.7 Å². The summed E-state index contributed by atoms with van der Waals surface area (Å²) in [6.07, 6.45) is 4.09. The monoisotopic (exact) mass is 268 g/mol. The molecule has 0 aliphatic carbocycles. The molecule has 1 aliphatic rings.